The molecule has 5 nitrogen and oxygen atoms in total. The highest BCUT2D eigenvalue weighted by atomic mass is 35.5. The lowest BCUT2D eigenvalue weighted by Gasteiger charge is -2.05. The Bertz CT molecular complexity index is 672. The van der Waals surface area contributed by atoms with Crippen molar-refractivity contribution in [1.29, 1.82) is 0 Å². The van der Waals surface area contributed by atoms with Crippen LogP contribution in [0.1, 0.15) is 15.2 Å². The van der Waals surface area contributed by atoms with Gasteiger partial charge in [0.1, 0.15) is 4.88 Å². The van der Waals surface area contributed by atoms with Gasteiger partial charge < -0.3 is 5.32 Å². The second-order valence-corrected chi connectivity index (χ2v) is 5.86. The summed E-state index contributed by atoms with van der Waals surface area (Å²) in [5, 5.41) is 13.8. The van der Waals surface area contributed by atoms with E-state index in [1.54, 1.807) is 24.3 Å². The van der Waals surface area contributed by atoms with E-state index < -0.39 is 10.8 Å². The second kappa shape index (κ2) is 6.21. The number of nitro groups is 1. The molecule has 0 spiro atoms. The van der Waals surface area contributed by atoms with E-state index in [1.807, 2.05) is 0 Å². The third-order valence-corrected chi connectivity index (χ3v) is 4.19. The first-order valence-corrected chi connectivity index (χ1v) is 7.01. The number of hydrogen-bond donors (Lipinski definition) is 1. The lowest BCUT2D eigenvalue weighted by atomic mass is 10.2. The lowest BCUT2D eigenvalue weighted by Crippen LogP contribution is -2.21. The first kappa shape index (κ1) is 14.8. The molecule has 1 aromatic carbocycles. The monoisotopic (exact) mass is 330 g/mol. The summed E-state index contributed by atoms with van der Waals surface area (Å²) in [5.41, 5.74) is 0.499. The largest absolute Gasteiger partial charge is 0.347 e. The highest BCUT2D eigenvalue weighted by molar-refractivity contribution is 7.18. The minimum atomic E-state index is -0.621. The van der Waals surface area contributed by atoms with Gasteiger partial charge in [-0.25, -0.2) is 0 Å². The number of carbonyl (C=O) groups excluding carboxylic acids is 1. The molecule has 0 saturated carbocycles. The molecule has 0 fully saturated rings. The maximum Gasteiger partial charge on any atom is 0.299 e. The van der Waals surface area contributed by atoms with Gasteiger partial charge in [0.25, 0.3) is 11.6 Å². The van der Waals surface area contributed by atoms with Crippen LogP contribution in [-0.2, 0) is 6.54 Å². The van der Waals surface area contributed by atoms with Gasteiger partial charge in [-0.05, 0) is 11.6 Å². The topological polar surface area (TPSA) is 72.2 Å². The van der Waals surface area contributed by atoms with Crippen molar-refractivity contribution in [3.63, 3.8) is 0 Å². The summed E-state index contributed by atoms with van der Waals surface area (Å²) in [6.07, 6.45) is 0. The first-order valence-electron chi connectivity index (χ1n) is 5.44. The van der Waals surface area contributed by atoms with Crippen LogP contribution < -0.4 is 5.32 Å². The molecule has 0 atom stereocenters. The molecule has 8 heteroatoms. The Kier molecular flexibility index (Phi) is 4.59. The quantitative estimate of drug-likeness (QED) is 0.682. The zero-order chi connectivity index (χ0) is 14.7. The van der Waals surface area contributed by atoms with Gasteiger partial charge in [0.2, 0.25) is 0 Å². The van der Waals surface area contributed by atoms with Crippen LogP contribution in [-0.4, -0.2) is 10.8 Å². The molecule has 1 aromatic heterocycles. The number of rotatable bonds is 4. The molecule has 0 unspecified atom stereocenters. The molecule has 0 aliphatic rings. The SMILES string of the molecule is O=C(NCc1ccccc1Cl)c1cc([N+](=O)[O-])c(Cl)s1. The van der Waals surface area contributed by atoms with Crippen LogP contribution in [0.2, 0.25) is 9.36 Å². The highest BCUT2D eigenvalue weighted by Crippen LogP contribution is 2.33. The molecule has 2 rings (SSSR count). The average Bonchev–Trinajstić information content (AvgIpc) is 2.80. The van der Waals surface area contributed by atoms with E-state index in [1.165, 1.54) is 0 Å². The average molecular weight is 331 g/mol. The molecule has 1 N–H and O–H groups in total. The van der Waals surface area contributed by atoms with E-state index >= 15 is 0 Å². The van der Waals surface area contributed by atoms with Gasteiger partial charge >= 0.3 is 0 Å². The van der Waals surface area contributed by atoms with Crippen molar-refractivity contribution in [2.24, 2.45) is 0 Å². The van der Waals surface area contributed by atoms with Crippen LogP contribution in [0.15, 0.2) is 30.3 Å². The molecule has 0 aliphatic carbocycles. The number of thiophene rings is 1. The van der Waals surface area contributed by atoms with E-state index in [2.05, 4.69) is 5.32 Å². The maximum atomic E-state index is 11.9. The number of nitrogens with zero attached hydrogens (tertiary/aromatic N) is 1. The summed E-state index contributed by atoms with van der Waals surface area (Å²) >= 11 is 12.5. The molecule has 0 saturated heterocycles. The van der Waals surface area contributed by atoms with Crippen molar-refractivity contribution in [1.82, 2.24) is 5.32 Å². The maximum absolute atomic E-state index is 11.9. The molecular weight excluding hydrogens is 323 g/mol. The molecule has 1 heterocycles. The van der Waals surface area contributed by atoms with Crippen LogP contribution in [0.3, 0.4) is 0 Å². The number of nitrogens with one attached hydrogen (secondary N) is 1. The fourth-order valence-corrected chi connectivity index (χ4v) is 2.84. The molecular formula is C12H8Cl2N2O3S. The minimum absolute atomic E-state index is 0.0158. The van der Waals surface area contributed by atoms with Crippen molar-refractivity contribution in [2.75, 3.05) is 0 Å². The predicted molar refractivity (Wildman–Crippen MR) is 78.6 cm³/mol. The van der Waals surface area contributed by atoms with Crippen molar-refractivity contribution >= 4 is 46.1 Å². The van der Waals surface area contributed by atoms with E-state index in [4.69, 9.17) is 23.2 Å². The van der Waals surface area contributed by atoms with Crippen molar-refractivity contribution in [3.05, 3.63) is 60.2 Å². The summed E-state index contributed by atoms with van der Waals surface area (Å²) in [7, 11) is 0. The Morgan fingerprint density at radius 2 is 2.05 bits per heavy atom. The van der Waals surface area contributed by atoms with Crippen molar-refractivity contribution in [3.8, 4) is 0 Å². The Labute approximate surface area is 128 Å². The van der Waals surface area contributed by atoms with Gasteiger partial charge in [-0.15, -0.1) is 11.3 Å². The van der Waals surface area contributed by atoms with Crippen LogP contribution >= 0.6 is 34.5 Å². The zero-order valence-electron chi connectivity index (χ0n) is 9.93. The second-order valence-electron chi connectivity index (χ2n) is 3.80. The van der Waals surface area contributed by atoms with Crippen LogP contribution in [0.25, 0.3) is 0 Å². The van der Waals surface area contributed by atoms with Crippen molar-refractivity contribution in [2.45, 2.75) is 6.54 Å². The summed E-state index contributed by atoms with van der Waals surface area (Å²) in [5.74, 6) is -0.426. The van der Waals surface area contributed by atoms with Crippen LogP contribution in [0.4, 0.5) is 5.69 Å². The highest BCUT2D eigenvalue weighted by Gasteiger charge is 2.20. The smallest absolute Gasteiger partial charge is 0.299 e. The van der Waals surface area contributed by atoms with Gasteiger partial charge in [-0.3, -0.25) is 14.9 Å². The minimum Gasteiger partial charge on any atom is -0.347 e. The summed E-state index contributed by atoms with van der Waals surface area (Å²) in [6.45, 7) is 0.238. The third kappa shape index (κ3) is 3.27. The van der Waals surface area contributed by atoms with Crippen molar-refractivity contribution < 1.29 is 9.72 Å². The standard InChI is InChI=1S/C12H8Cl2N2O3S/c13-8-4-2-1-3-7(8)6-15-12(17)10-5-9(16(18)19)11(14)20-10/h1-5H,6H2,(H,15,17). The van der Waals surface area contributed by atoms with Gasteiger partial charge in [0.15, 0.2) is 4.34 Å². The van der Waals surface area contributed by atoms with Gasteiger partial charge in [0, 0.05) is 17.6 Å². The van der Waals surface area contributed by atoms with Gasteiger partial charge in [-0.1, -0.05) is 41.4 Å². The van der Waals surface area contributed by atoms with E-state index in [0.717, 1.165) is 23.0 Å². The number of benzene rings is 1. The summed E-state index contributed by atoms with van der Waals surface area (Å²) in [4.78, 5) is 22.1. The number of hydrogen-bond acceptors (Lipinski definition) is 4. The molecule has 0 bridgehead atoms. The molecule has 0 radical (unpaired) electrons. The Morgan fingerprint density at radius 1 is 1.35 bits per heavy atom. The third-order valence-electron chi connectivity index (χ3n) is 2.49. The van der Waals surface area contributed by atoms with E-state index in [9.17, 15) is 14.9 Å². The molecule has 1 amide bonds. The predicted octanol–water partition coefficient (Wildman–Crippen LogP) is 3.89. The lowest BCUT2D eigenvalue weighted by molar-refractivity contribution is -0.384. The van der Waals surface area contributed by atoms with Crippen LogP contribution in [0.5, 0.6) is 0 Å². The Morgan fingerprint density at radius 3 is 2.65 bits per heavy atom. The fraction of sp³-hybridized carbons (Fsp3) is 0.0833. The van der Waals surface area contributed by atoms with Gasteiger partial charge in [0.05, 0.1) is 4.92 Å². The number of halogens is 2. The van der Waals surface area contributed by atoms with Crippen LogP contribution in [0, 0.1) is 10.1 Å². The van der Waals surface area contributed by atoms with E-state index in [0.29, 0.717) is 5.02 Å². The van der Waals surface area contributed by atoms with E-state index in [-0.39, 0.29) is 21.4 Å². The van der Waals surface area contributed by atoms with Gasteiger partial charge in [-0.2, -0.15) is 0 Å². The number of carbonyl (C=O) groups is 1. The number of amides is 1. The summed E-state index contributed by atoms with van der Waals surface area (Å²) in [6, 6.07) is 8.26. The zero-order valence-corrected chi connectivity index (χ0v) is 12.3. The molecule has 0 aliphatic heterocycles. The summed E-state index contributed by atoms with van der Waals surface area (Å²) < 4.78 is -0.0158. The molecule has 104 valence electrons. The Balaban J connectivity index is 2.08. The molecule has 20 heavy (non-hydrogen) atoms. The first-order chi connectivity index (χ1) is 9.49. The Hall–Kier alpha value is -1.63. The molecule has 2 aromatic rings. The normalized spacial score (nSPS) is 10.3. The fourth-order valence-electron chi connectivity index (χ4n) is 1.50.